The third-order valence-electron chi connectivity index (χ3n) is 3.57. The Kier molecular flexibility index (Phi) is 3.75. The van der Waals surface area contributed by atoms with Crippen molar-refractivity contribution in [3.63, 3.8) is 0 Å². The van der Waals surface area contributed by atoms with Crippen LogP contribution in [-0.2, 0) is 4.79 Å². The monoisotopic (exact) mass is 289 g/mol. The van der Waals surface area contributed by atoms with Crippen LogP contribution in [0.5, 0.6) is 0 Å². The molecule has 0 bridgehead atoms. The van der Waals surface area contributed by atoms with Crippen LogP contribution in [-0.4, -0.2) is 28.7 Å². The number of nitrogens with zero attached hydrogens (tertiary/aromatic N) is 2. The predicted molar refractivity (Wildman–Crippen MR) is 75.5 cm³/mol. The highest BCUT2D eigenvalue weighted by molar-refractivity contribution is 5.98. The Morgan fingerprint density at radius 1 is 1.33 bits per heavy atom. The molecule has 0 radical (unpaired) electrons. The number of ketones is 1. The van der Waals surface area contributed by atoms with Crippen LogP contribution in [0.4, 0.5) is 10.5 Å². The molecule has 1 aromatic carbocycles. The number of amides is 2. The number of hydrogen-bond acceptors (Lipinski definition) is 4. The predicted octanol–water partition coefficient (Wildman–Crippen LogP) is 2.15. The van der Waals surface area contributed by atoms with Crippen LogP contribution >= 0.6 is 0 Å². The fraction of sp³-hybridized carbons (Fsp3) is 0.286. The van der Waals surface area contributed by atoms with E-state index in [4.69, 9.17) is 0 Å². The van der Waals surface area contributed by atoms with Crippen molar-refractivity contribution in [2.75, 3.05) is 7.05 Å². The third kappa shape index (κ3) is 2.62. The number of Topliss-reactive ketones (excluding diaryl/α,β-unsaturated/α-hetero) is 1. The van der Waals surface area contributed by atoms with Crippen LogP contribution in [0.3, 0.4) is 0 Å². The highest BCUT2D eigenvalue weighted by Gasteiger charge is 2.32. The zero-order chi connectivity index (χ0) is 15.7. The number of nitro groups is 1. The topological polar surface area (TPSA) is 92.6 Å². The molecule has 0 fully saturated rings. The molecule has 1 heterocycles. The van der Waals surface area contributed by atoms with Crippen LogP contribution in [0.2, 0.25) is 0 Å². The van der Waals surface area contributed by atoms with Gasteiger partial charge in [-0.05, 0) is 31.5 Å². The summed E-state index contributed by atoms with van der Waals surface area (Å²) < 4.78 is 0. The number of nitro benzene ring substituents is 1. The van der Waals surface area contributed by atoms with E-state index in [-0.39, 0.29) is 17.5 Å². The first-order chi connectivity index (χ1) is 9.82. The first-order valence-corrected chi connectivity index (χ1v) is 6.33. The molecule has 7 heteroatoms. The minimum Gasteiger partial charge on any atom is -0.327 e. The molecule has 0 saturated carbocycles. The number of hydrogen-bond donors (Lipinski definition) is 1. The average molecular weight is 289 g/mol. The van der Waals surface area contributed by atoms with E-state index in [1.54, 1.807) is 26.1 Å². The standard InChI is InChI=1S/C14H15N3O4/c1-8-12(9(2)18)13(15-14(19)16(8)3)10-4-6-11(7-5-10)17(20)21/h4-7,13H,1-3H3,(H,15,19)/t13-/m1/s1. The molecule has 1 aliphatic heterocycles. The van der Waals surface area contributed by atoms with Gasteiger partial charge in [0.2, 0.25) is 0 Å². The van der Waals surface area contributed by atoms with E-state index in [0.717, 1.165) is 0 Å². The van der Waals surface area contributed by atoms with Gasteiger partial charge in [-0.2, -0.15) is 0 Å². The molecule has 1 aromatic rings. The largest absolute Gasteiger partial charge is 0.327 e. The molecule has 0 aromatic heterocycles. The fourth-order valence-corrected chi connectivity index (χ4v) is 2.33. The van der Waals surface area contributed by atoms with Crippen molar-refractivity contribution in [1.82, 2.24) is 10.2 Å². The van der Waals surface area contributed by atoms with E-state index in [2.05, 4.69) is 5.32 Å². The maximum atomic E-state index is 11.9. The van der Waals surface area contributed by atoms with Crippen molar-refractivity contribution in [1.29, 1.82) is 0 Å². The van der Waals surface area contributed by atoms with Gasteiger partial charge >= 0.3 is 6.03 Å². The molecule has 0 unspecified atom stereocenters. The Morgan fingerprint density at radius 3 is 2.38 bits per heavy atom. The van der Waals surface area contributed by atoms with Crippen molar-refractivity contribution in [2.45, 2.75) is 19.9 Å². The Balaban J connectivity index is 2.48. The van der Waals surface area contributed by atoms with Crippen LogP contribution in [0.1, 0.15) is 25.5 Å². The molecule has 0 saturated heterocycles. The highest BCUT2D eigenvalue weighted by Crippen LogP contribution is 2.30. The normalized spacial score (nSPS) is 18.5. The second kappa shape index (κ2) is 5.35. The molecular formula is C14H15N3O4. The molecule has 0 spiro atoms. The number of urea groups is 1. The van der Waals surface area contributed by atoms with Gasteiger partial charge in [0.1, 0.15) is 0 Å². The SMILES string of the molecule is CC(=O)C1=C(C)N(C)C(=O)N[C@@H]1c1ccc([N+](=O)[O-])cc1. The molecule has 2 amide bonds. The van der Waals surface area contributed by atoms with E-state index in [9.17, 15) is 19.7 Å². The van der Waals surface area contributed by atoms with Gasteiger partial charge in [0, 0.05) is 30.5 Å². The smallest absolute Gasteiger partial charge is 0.322 e. The van der Waals surface area contributed by atoms with Crippen molar-refractivity contribution in [3.05, 3.63) is 51.2 Å². The molecule has 21 heavy (non-hydrogen) atoms. The minimum atomic E-state index is -0.591. The average Bonchev–Trinajstić information content (AvgIpc) is 2.44. The van der Waals surface area contributed by atoms with E-state index in [0.29, 0.717) is 16.8 Å². The molecule has 7 nitrogen and oxygen atoms in total. The number of nitrogens with one attached hydrogen (secondary N) is 1. The summed E-state index contributed by atoms with van der Waals surface area (Å²) >= 11 is 0. The van der Waals surface area contributed by atoms with Gasteiger partial charge in [0.05, 0.1) is 11.0 Å². The lowest BCUT2D eigenvalue weighted by molar-refractivity contribution is -0.384. The van der Waals surface area contributed by atoms with Crippen LogP contribution in [0.25, 0.3) is 0 Å². The summed E-state index contributed by atoms with van der Waals surface area (Å²) in [7, 11) is 1.58. The Hall–Kier alpha value is -2.70. The Labute approximate surface area is 121 Å². The van der Waals surface area contributed by atoms with Gasteiger partial charge < -0.3 is 10.2 Å². The molecule has 1 aliphatic rings. The number of carbonyl (C=O) groups excluding carboxylic acids is 2. The van der Waals surface area contributed by atoms with E-state index < -0.39 is 11.0 Å². The van der Waals surface area contributed by atoms with Crippen molar-refractivity contribution < 1.29 is 14.5 Å². The summed E-state index contributed by atoms with van der Waals surface area (Å²) in [5.74, 6) is -0.150. The first-order valence-electron chi connectivity index (χ1n) is 6.33. The minimum absolute atomic E-state index is 0.0388. The molecule has 0 aliphatic carbocycles. The summed E-state index contributed by atoms with van der Waals surface area (Å²) in [5.41, 5.74) is 1.65. The maximum Gasteiger partial charge on any atom is 0.322 e. The number of non-ortho nitro benzene ring substituents is 1. The van der Waals surface area contributed by atoms with E-state index in [1.807, 2.05) is 0 Å². The van der Waals surface area contributed by atoms with Crippen LogP contribution in [0, 0.1) is 10.1 Å². The summed E-state index contributed by atoms with van der Waals surface area (Å²) in [6.07, 6.45) is 0. The first kappa shape index (κ1) is 14.7. The van der Waals surface area contributed by atoms with Gasteiger partial charge in [-0.25, -0.2) is 4.79 Å². The van der Waals surface area contributed by atoms with E-state index >= 15 is 0 Å². The van der Waals surface area contributed by atoms with Gasteiger partial charge in [0.25, 0.3) is 5.69 Å². The molecule has 110 valence electrons. The van der Waals surface area contributed by atoms with Crippen molar-refractivity contribution >= 4 is 17.5 Å². The zero-order valence-corrected chi connectivity index (χ0v) is 11.9. The fourth-order valence-electron chi connectivity index (χ4n) is 2.33. The Bertz CT molecular complexity index is 649. The molecular weight excluding hydrogens is 274 g/mol. The summed E-state index contributed by atoms with van der Waals surface area (Å²) in [4.78, 5) is 35.3. The zero-order valence-electron chi connectivity index (χ0n) is 11.9. The molecule has 2 rings (SSSR count). The van der Waals surface area contributed by atoms with Gasteiger partial charge in [0.15, 0.2) is 5.78 Å². The van der Waals surface area contributed by atoms with Gasteiger partial charge in [-0.3, -0.25) is 14.9 Å². The highest BCUT2D eigenvalue weighted by atomic mass is 16.6. The summed E-state index contributed by atoms with van der Waals surface area (Å²) in [5, 5.41) is 13.4. The van der Waals surface area contributed by atoms with Gasteiger partial charge in [-0.1, -0.05) is 0 Å². The summed E-state index contributed by atoms with van der Waals surface area (Å²) in [6, 6.07) is 4.89. The van der Waals surface area contributed by atoms with Crippen LogP contribution < -0.4 is 5.32 Å². The van der Waals surface area contributed by atoms with Crippen molar-refractivity contribution in [3.8, 4) is 0 Å². The van der Waals surface area contributed by atoms with Crippen LogP contribution in [0.15, 0.2) is 35.5 Å². The van der Waals surface area contributed by atoms with E-state index in [1.165, 1.54) is 24.0 Å². The third-order valence-corrected chi connectivity index (χ3v) is 3.57. The quantitative estimate of drug-likeness (QED) is 0.681. The number of rotatable bonds is 3. The lowest BCUT2D eigenvalue weighted by Crippen LogP contribution is -2.45. The Morgan fingerprint density at radius 2 is 1.90 bits per heavy atom. The summed E-state index contributed by atoms with van der Waals surface area (Å²) in [6.45, 7) is 3.14. The second-order valence-electron chi connectivity index (χ2n) is 4.85. The van der Waals surface area contributed by atoms with Crippen molar-refractivity contribution in [2.24, 2.45) is 0 Å². The maximum absolute atomic E-state index is 11.9. The second-order valence-corrected chi connectivity index (χ2v) is 4.85. The lowest BCUT2D eigenvalue weighted by Gasteiger charge is -2.33. The lowest BCUT2D eigenvalue weighted by atomic mass is 9.92. The molecule has 1 N–H and O–H groups in total. The van der Waals surface area contributed by atoms with Gasteiger partial charge in [-0.15, -0.1) is 0 Å². The number of allylic oxidation sites excluding steroid dienone is 1. The molecule has 1 atom stereocenters. The number of carbonyl (C=O) groups is 2. The number of benzene rings is 1.